The van der Waals surface area contributed by atoms with Gasteiger partial charge in [0.05, 0.1) is 26.8 Å². The molecule has 0 bridgehead atoms. The van der Waals surface area contributed by atoms with Gasteiger partial charge in [-0.3, -0.25) is 14.5 Å². The zero-order valence-electron chi connectivity index (χ0n) is 21.0. The summed E-state index contributed by atoms with van der Waals surface area (Å²) in [7, 11) is 3.10. The highest BCUT2D eigenvalue weighted by Gasteiger charge is 2.33. The standard InChI is InChI=1S/C28H30FN3O4S/c1-35-22-15-20(16-23(17-22)36-2)28(34)31-11-9-30(10-12-31)26(33)18-32-8-6-25-24(7-13-37-25)27(32)19-4-3-5-21(29)14-19/h3-5,7,13-17,27H,6,8-12,18H2,1-2H3/t27-/m0/s1. The molecule has 2 amide bonds. The van der Waals surface area contributed by atoms with Crippen molar-refractivity contribution in [2.45, 2.75) is 12.5 Å². The minimum absolute atomic E-state index is 0.0234. The second-order valence-electron chi connectivity index (χ2n) is 9.25. The van der Waals surface area contributed by atoms with Crippen LogP contribution in [0.25, 0.3) is 0 Å². The van der Waals surface area contributed by atoms with E-state index >= 15 is 0 Å². The first-order chi connectivity index (χ1) is 18.0. The Balaban J connectivity index is 1.25. The molecule has 7 nitrogen and oxygen atoms in total. The molecule has 1 aromatic heterocycles. The van der Waals surface area contributed by atoms with E-state index in [1.807, 2.05) is 11.0 Å². The van der Waals surface area contributed by atoms with Gasteiger partial charge < -0.3 is 19.3 Å². The molecule has 2 aliphatic rings. The lowest BCUT2D eigenvalue weighted by molar-refractivity contribution is -0.134. The summed E-state index contributed by atoms with van der Waals surface area (Å²) in [5, 5.41) is 2.07. The summed E-state index contributed by atoms with van der Waals surface area (Å²) in [5.74, 6) is 0.742. The normalized spacial score (nSPS) is 17.9. The second kappa shape index (κ2) is 10.9. The number of amides is 2. The van der Waals surface area contributed by atoms with Crippen LogP contribution in [0.15, 0.2) is 53.9 Å². The fraction of sp³-hybridized carbons (Fsp3) is 0.357. The van der Waals surface area contributed by atoms with E-state index in [4.69, 9.17) is 9.47 Å². The van der Waals surface area contributed by atoms with Crippen molar-refractivity contribution in [1.82, 2.24) is 14.7 Å². The van der Waals surface area contributed by atoms with Gasteiger partial charge in [-0.15, -0.1) is 11.3 Å². The highest BCUT2D eigenvalue weighted by molar-refractivity contribution is 7.10. The second-order valence-corrected chi connectivity index (χ2v) is 10.3. The number of rotatable bonds is 6. The zero-order valence-corrected chi connectivity index (χ0v) is 21.8. The smallest absolute Gasteiger partial charge is 0.254 e. The fourth-order valence-electron chi connectivity index (χ4n) is 5.15. The van der Waals surface area contributed by atoms with E-state index in [1.165, 1.54) is 10.9 Å². The van der Waals surface area contributed by atoms with Crippen molar-refractivity contribution in [1.29, 1.82) is 0 Å². The number of nitrogens with zero attached hydrogens (tertiary/aromatic N) is 3. The molecule has 0 unspecified atom stereocenters. The lowest BCUT2D eigenvalue weighted by Crippen LogP contribution is -2.53. The van der Waals surface area contributed by atoms with Gasteiger partial charge in [0.2, 0.25) is 5.91 Å². The molecule has 2 aromatic carbocycles. The molecule has 0 aliphatic carbocycles. The van der Waals surface area contributed by atoms with E-state index in [-0.39, 0.29) is 30.2 Å². The third kappa shape index (κ3) is 5.33. The molecule has 0 saturated carbocycles. The Kier molecular flexibility index (Phi) is 7.43. The maximum absolute atomic E-state index is 14.1. The predicted molar refractivity (Wildman–Crippen MR) is 140 cm³/mol. The van der Waals surface area contributed by atoms with Crippen molar-refractivity contribution in [2.75, 3.05) is 53.5 Å². The highest BCUT2D eigenvalue weighted by Crippen LogP contribution is 2.37. The van der Waals surface area contributed by atoms with E-state index in [0.717, 1.165) is 24.1 Å². The molecule has 1 fully saturated rings. The maximum Gasteiger partial charge on any atom is 0.254 e. The summed E-state index contributed by atoms with van der Waals surface area (Å²) < 4.78 is 24.7. The molecule has 3 heterocycles. The van der Waals surface area contributed by atoms with Gasteiger partial charge in [-0.05, 0) is 53.3 Å². The number of benzene rings is 2. The molecule has 37 heavy (non-hydrogen) atoms. The number of thiophene rings is 1. The molecule has 0 spiro atoms. The molecule has 9 heteroatoms. The SMILES string of the molecule is COc1cc(OC)cc(C(=O)N2CCN(C(=O)CN3CCc4sccc4[C@@H]3c3cccc(F)c3)CC2)c1. The van der Waals surface area contributed by atoms with Crippen LogP contribution < -0.4 is 9.47 Å². The van der Waals surface area contributed by atoms with Gasteiger partial charge >= 0.3 is 0 Å². The van der Waals surface area contributed by atoms with Crippen LogP contribution >= 0.6 is 11.3 Å². The third-order valence-electron chi connectivity index (χ3n) is 7.09. The summed E-state index contributed by atoms with van der Waals surface area (Å²) in [6, 6.07) is 13.7. The third-order valence-corrected chi connectivity index (χ3v) is 8.08. The Bertz CT molecular complexity index is 1270. The topological polar surface area (TPSA) is 62.3 Å². The van der Waals surface area contributed by atoms with Crippen molar-refractivity contribution in [3.63, 3.8) is 0 Å². The van der Waals surface area contributed by atoms with Gasteiger partial charge in [-0.25, -0.2) is 4.39 Å². The Labute approximate surface area is 220 Å². The number of ether oxygens (including phenoxy) is 2. The molecule has 2 aliphatic heterocycles. The molecule has 0 radical (unpaired) electrons. The Hall–Kier alpha value is -3.43. The number of halogens is 1. The lowest BCUT2D eigenvalue weighted by atomic mass is 9.93. The molecule has 1 saturated heterocycles. The average molecular weight is 524 g/mol. The van der Waals surface area contributed by atoms with E-state index in [1.54, 1.807) is 60.8 Å². The van der Waals surface area contributed by atoms with Crippen LogP contribution in [-0.2, 0) is 11.2 Å². The number of carbonyl (C=O) groups is 2. The van der Waals surface area contributed by atoms with Gasteiger partial charge in [0.1, 0.15) is 17.3 Å². The number of fused-ring (bicyclic) bond motifs is 1. The molecular weight excluding hydrogens is 493 g/mol. The first-order valence-corrected chi connectivity index (χ1v) is 13.2. The van der Waals surface area contributed by atoms with Gasteiger partial charge in [0.15, 0.2) is 0 Å². The van der Waals surface area contributed by atoms with Crippen molar-refractivity contribution in [3.8, 4) is 11.5 Å². The maximum atomic E-state index is 14.1. The van der Waals surface area contributed by atoms with Crippen LogP contribution in [0.3, 0.4) is 0 Å². The largest absolute Gasteiger partial charge is 0.497 e. The van der Waals surface area contributed by atoms with E-state index in [2.05, 4.69) is 16.3 Å². The van der Waals surface area contributed by atoms with Crippen LogP contribution in [0.1, 0.15) is 32.4 Å². The Morgan fingerprint density at radius 2 is 1.65 bits per heavy atom. The minimum atomic E-state index is -0.277. The number of carbonyl (C=O) groups excluding carboxylic acids is 2. The van der Waals surface area contributed by atoms with Crippen molar-refractivity contribution < 1.29 is 23.5 Å². The molecule has 3 aromatic rings. The number of piperazine rings is 1. The van der Waals surface area contributed by atoms with Crippen molar-refractivity contribution in [2.24, 2.45) is 0 Å². The summed E-state index contributed by atoms with van der Waals surface area (Å²) in [5.41, 5.74) is 2.50. The number of hydrogen-bond donors (Lipinski definition) is 0. The summed E-state index contributed by atoms with van der Waals surface area (Å²) in [6.45, 7) is 2.81. The van der Waals surface area contributed by atoms with Crippen molar-refractivity contribution in [3.05, 3.63) is 81.3 Å². The van der Waals surface area contributed by atoms with Crippen LogP contribution in [0.4, 0.5) is 4.39 Å². The molecule has 1 atom stereocenters. The van der Waals surface area contributed by atoms with Crippen LogP contribution in [-0.4, -0.2) is 80.0 Å². The quantitative estimate of drug-likeness (QED) is 0.492. The van der Waals surface area contributed by atoms with E-state index in [9.17, 15) is 14.0 Å². The molecule has 5 rings (SSSR count). The van der Waals surface area contributed by atoms with Gasteiger partial charge in [-0.2, -0.15) is 0 Å². The van der Waals surface area contributed by atoms with Crippen LogP contribution in [0.2, 0.25) is 0 Å². The minimum Gasteiger partial charge on any atom is -0.497 e. The number of hydrogen-bond acceptors (Lipinski definition) is 6. The Morgan fingerprint density at radius 3 is 2.32 bits per heavy atom. The first-order valence-electron chi connectivity index (χ1n) is 12.3. The number of methoxy groups -OCH3 is 2. The molecule has 0 N–H and O–H groups in total. The predicted octanol–water partition coefficient (Wildman–Crippen LogP) is 3.84. The summed E-state index contributed by atoms with van der Waals surface area (Å²) >= 11 is 1.71. The van der Waals surface area contributed by atoms with Crippen LogP contribution in [0, 0.1) is 5.82 Å². The van der Waals surface area contributed by atoms with E-state index < -0.39 is 0 Å². The first kappa shape index (κ1) is 25.2. The van der Waals surface area contributed by atoms with Gasteiger partial charge in [0.25, 0.3) is 5.91 Å². The summed E-state index contributed by atoms with van der Waals surface area (Å²) in [4.78, 5) is 33.5. The highest BCUT2D eigenvalue weighted by atomic mass is 32.1. The molecule has 194 valence electrons. The monoisotopic (exact) mass is 523 g/mol. The molecular formula is C28H30FN3O4S. The van der Waals surface area contributed by atoms with Crippen molar-refractivity contribution >= 4 is 23.2 Å². The van der Waals surface area contributed by atoms with E-state index in [0.29, 0.717) is 43.2 Å². The van der Waals surface area contributed by atoms with Gasteiger partial charge in [-0.1, -0.05) is 12.1 Å². The average Bonchev–Trinajstić information content (AvgIpc) is 3.41. The summed E-state index contributed by atoms with van der Waals surface area (Å²) in [6.07, 6.45) is 0.873. The fourth-order valence-corrected chi connectivity index (χ4v) is 6.06. The van der Waals surface area contributed by atoms with Crippen LogP contribution in [0.5, 0.6) is 11.5 Å². The lowest BCUT2D eigenvalue weighted by Gasteiger charge is -2.39. The Morgan fingerprint density at radius 1 is 0.946 bits per heavy atom. The van der Waals surface area contributed by atoms with Gasteiger partial charge in [0, 0.05) is 49.2 Å². The zero-order chi connectivity index (χ0) is 25.9.